The van der Waals surface area contributed by atoms with Crippen LogP contribution in [-0.4, -0.2) is 34.2 Å². The van der Waals surface area contributed by atoms with Gasteiger partial charge in [0.1, 0.15) is 11.9 Å². The minimum Gasteiger partial charge on any atom is -0.508 e. The molecular weight excluding hydrogens is 560 g/mol. The number of hydrogen-bond acceptors (Lipinski definition) is 5. The van der Waals surface area contributed by atoms with E-state index in [1.165, 1.54) is 55.2 Å². The standard InChI is InChI=1S/C22H32O3.C18H24O2/c1-4-20(24)25-19-8-7-17-16-6-5-14-13-15(23)9-11-21(14,2)18(16)10-12-22(17,19)3;1-18-9-8-14-13-5-3-12(19)10-11(13)2-4-15(14)16(18)6-7-17(18)20/h13,16-19H,4-12H2,1-3H3;3,5,10,14-17,19-20H,2,4,6-9H2,1H3/t16-,17-,18-,19-,21-,22-;14-,15-,16+,17+,18+/m01/s1. The molecule has 246 valence electrons. The Morgan fingerprint density at radius 2 is 1.58 bits per heavy atom. The molecule has 1 aromatic rings. The Labute approximate surface area is 270 Å². The zero-order valence-corrected chi connectivity index (χ0v) is 28.2. The molecule has 0 aliphatic heterocycles. The summed E-state index contributed by atoms with van der Waals surface area (Å²) in [6, 6.07) is 5.96. The number of carbonyl (C=O) groups excluding carboxylic acids is 2. The molecule has 5 nitrogen and oxygen atoms in total. The number of aliphatic hydroxyl groups excluding tert-OH is 1. The molecule has 7 aliphatic rings. The zero-order chi connectivity index (χ0) is 31.7. The maximum absolute atomic E-state index is 11.9. The van der Waals surface area contributed by atoms with E-state index in [2.05, 4.69) is 26.8 Å². The largest absolute Gasteiger partial charge is 0.508 e. The van der Waals surface area contributed by atoms with Crippen LogP contribution in [0.3, 0.4) is 0 Å². The van der Waals surface area contributed by atoms with Crippen LogP contribution in [0.25, 0.3) is 0 Å². The van der Waals surface area contributed by atoms with Crippen LogP contribution in [-0.2, 0) is 20.7 Å². The fourth-order valence-corrected chi connectivity index (χ4v) is 12.5. The van der Waals surface area contributed by atoms with Gasteiger partial charge in [0, 0.05) is 18.3 Å². The van der Waals surface area contributed by atoms with E-state index >= 15 is 0 Å². The first-order chi connectivity index (χ1) is 21.5. The number of ether oxygens (including phenoxy) is 1. The van der Waals surface area contributed by atoms with Gasteiger partial charge in [0.2, 0.25) is 0 Å². The van der Waals surface area contributed by atoms with Gasteiger partial charge in [-0.2, -0.15) is 0 Å². The van der Waals surface area contributed by atoms with Gasteiger partial charge in [-0.3, -0.25) is 9.59 Å². The van der Waals surface area contributed by atoms with Crippen LogP contribution in [0, 0.1) is 45.8 Å². The zero-order valence-electron chi connectivity index (χ0n) is 28.2. The number of benzene rings is 1. The molecule has 0 bridgehead atoms. The summed E-state index contributed by atoms with van der Waals surface area (Å²) >= 11 is 0. The summed E-state index contributed by atoms with van der Waals surface area (Å²) in [4.78, 5) is 23.8. The predicted octanol–water partition coefficient (Wildman–Crippen LogP) is 8.45. The van der Waals surface area contributed by atoms with Crippen LogP contribution < -0.4 is 0 Å². The number of allylic oxidation sites excluding steroid dienone is 1. The molecule has 7 aliphatic carbocycles. The first-order valence-electron chi connectivity index (χ1n) is 18.4. The molecular formula is C40H56O5. The first kappa shape index (κ1) is 31.5. The van der Waals surface area contributed by atoms with E-state index in [9.17, 15) is 19.8 Å². The molecule has 0 spiro atoms. The van der Waals surface area contributed by atoms with Crippen molar-refractivity contribution in [1.82, 2.24) is 0 Å². The number of aromatic hydroxyl groups is 1. The third-order valence-electron chi connectivity index (χ3n) is 15.1. The summed E-state index contributed by atoms with van der Waals surface area (Å²) in [6.07, 6.45) is 18.0. The number of fused-ring (bicyclic) bond motifs is 10. The molecule has 0 radical (unpaired) electrons. The average molecular weight is 617 g/mol. The lowest BCUT2D eigenvalue weighted by Gasteiger charge is -2.57. The van der Waals surface area contributed by atoms with Crippen molar-refractivity contribution in [2.24, 2.45) is 45.8 Å². The van der Waals surface area contributed by atoms with E-state index < -0.39 is 0 Å². The number of aliphatic hydroxyl groups is 1. The van der Waals surface area contributed by atoms with Crippen LogP contribution >= 0.6 is 0 Å². The fourth-order valence-electron chi connectivity index (χ4n) is 12.5. The molecule has 11 atom stereocenters. The van der Waals surface area contributed by atoms with E-state index in [1.807, 2.05) is 25.1 Å². The molecule has 0 saturated heterocycles. The SMILES string of the molecule is CCC(=O)O[C@H]1CC[C@H]2[C@@H]3CCC4=CC(=O)CC[C@]4(C)[C@H]3CC[C@]12C.C[C@]12CC[C@@H]3c4ccc(O)cc4CC[C@H]3[C@@H]1CC[C@@H]2O. The van der Waals surface area contributed by atoms with Crippen LogP contribution in [0.2, 0.25) is 0 Å². The smallest absolute Gasteiger partial charge is 0.305 e. The lowest BCUT2D eigenvalue weighted by Crippen LogP contribution is -2.51. The minimum absolute atomic E-state index is 0.0411. The van der Waals surface area contributed by atoms with Crippen LogP contribution in [0.5, 0.6) is 5.75 Å². The van der Waals surface area contributed by atoms with E-state index in [1.54, 1.807) is 0 Å². The Morgan fingerprint density at radius 3 is 2.38 bits per heavy atom. The number of rotatable bonds is 2. The van der Waals surface area contributed by atoms with Crippen LogP contribution in [0.4, 0.5) is 0 Å². The Kier molecular flexibility index (Phi) is 8.06. The number of aryl methyl sites for hydroxylation is 1. The molecule has 2 N–H and O–H groups in total. The first-order valence-corrected chi connectivity index (χ1v) is 18.4. The molecule has 0 heterocycles. The average Bonchev–Trinajstić information content (AvgIpc) is 3.52. The number of phenols is 1. The highest BCUT2D eigenvalue weighted by molar-refractivity contribution is 5.91. The van der Waals surface area contributed by atoms with Gasteiger partial charge in [0.15, 0.2) is 5.78 Å². The van der Waals surface area contributed by atoms with Gasteiger partial charge in [-0.1, -0.05) is 39.3 Å². The van der Waals surface area contributed by atoms with Crippen molar-refractivity contribution in [2.45, 2.75) is 142 Å². The summed E-state index contributed by atoms with van der Waals surface area (Å²) < 4.78 is 5.86. The molecule has 5 heteroatoms. The van der Waals surface area contributed by atoms with Gasteiger partial charge in [-0.05, 0) is 159 Å². The monoisotopic (exact) mass is 616 g/mol. The molecule has 0 aromatic heterocycles. The second kappa shape index (κ2) is 11.5. The normalized spacial score (nSPS) is 44.5. The van der Waals surface area contributed by atoms with Gasteiger partial charge in [-0.25, -0.2) is 0 Å². The third kappa shape index (κ3) is 5.04. The molecule has 0 unspecified atom stereocenters. The van der Waals surface area contributed by atoms with E-state index in [-0.39, 0.29) is 34.4 Å². The molecule has 0 amide bonds. The van der Waals surface area contributed by atoms with Crippen molar-refractivity contribution in [1.29, 1.82) is 0 Å². The minimum atomic E-state index is -0.0883. The lowest BCUT2D eigenvalue weighted by molar-refractivity contribution is -0.159. The Morgan fingerprint density at radius 1 is 0.844 bits per heavy atom. The molecule has 5 saturated carbocycles. The van der Waals surface area contributed by atoms with Gasteiger partial charge in [0.05, 0.1) is 6.10 Å². The number of ketones is 1. The maximum Gasteiger partial charge on any atom is 0.305 e. The quantitative estimate of drug-likeness (QED) is 0.326. The van der Waals surface area contributed by atoms with Gasteiger partial charge in [0.25, 0.3) is 0 Å². The highest BCUT2D eigenvalue weighted by Gasteiger charge is 2.60. The summed E-state index contributed by atoms with van der Waals surface area (Å²) in [6.45, 7) is 9.01. The van der Waals surface area contributed by atoms with Crippen molar-refractivity contribution in [2.75, 3.05) is 0 Å². The van der Waals surface area contributed by atoms with Crippen molar-refractivity contribution in [3.8, 4) is 5.75 Å². The van der Waals surface area contributed by atoms with Gasteiger partial charge < -0.3 is 14.9 Å². The highest BCUT2D eigenvalue weighted by Crippen LogP contribution is 2.66. The Bertz CT molecular complexity index is 1360. The topological polar surface area (TPSA) is 83.8 Å². The van der Waals surface area contributed by atoms with Gasteiger partial charge >= 0.3 is 5.97 Å². The number of phenolic OH excluding ortho intramolecular Hbond substituents is 1. The fraction of sp³-hybridized carbons (Fsp3) is 0.750. The molecule has 45 heavy (non-hydrogen) atoms. The molecule has 5 fully saturated rings. The molecule has 1 aromatic carbocycles. The summed E-state index contributed by atoms with van der Waals surface area (Å²) in [5.41, 5.74) is 4.82. The molecule has 8 rings (SSSR count). The van der Waals surface area contributed by atoms with E-state index in [0.29, 0.717) is 41.6 Å². The lowest BCUT2D eigenvalue weighted by atomic mass is 9.47. The maximum atomic E-state index is 11.9. The number of carbonyl (C=O) groups is 2. The van der Waals surface area contributed by atoms with Crippen molar-refractivity contribution >= 4 is 11.8 Å². The van der Waals surface area contributed by atoms with Crippen molar-refractivity contribution < 1.29 is 24.5 Å². The van der Waals surface area contributed by atoms with Crippen molar-refractivity contribution in [3.05, 3.63) is 41.0 Å². The van der Waals surface area contributed by atoms with E-state index in [0.717, 1.165) is 63.2 Å². The van der Waals surface area contributed by atoms with Gasteiger partial charge in [-0.15, -0.1) is 0 Å². The summed E-state index contributed by atoms with van der Waals surface area (Å²) in [5.74, 6) is 4.90. The number of hydrogen-bond donors (Lipinski definition) is 2. The third-order valence-corrected chi connectivity index (χ3v) is 15.1. The second-order valence-electron chi connectivity index (χ2n) is 16.9. The predicted molar refractivity (Wildman–Crippen MR) is 176 cm³/mol. The summed E-state index contributed by atoms with van der Waals surface area (Å²) in [7, 11) is 0. The number of esters is 1. The van der Waals surface area contributed by atoms with Crippen LogP contribution in [0.1, 0.15) is 135 Å². The Balaban J connectivity index is 0.000000148. The Hall–Kier alpha value is -2.14. The second-order valence-corrected chi connectivity index (χ2v) is 16.9. The summed E-state index contributed by atoms with van der Waals surface area (Å²) in [5, 5.41) is 20.0. The highest BCUT2D eigenvalue weighted by atomic mass is 16.5. The van der Waals surface area contributed by atoms with Crippen molar-refractivity contribution in [3.63, 3.8) is 0 Å². The van der Waals surface area contributed by atoms with Crippen LogP contribution in [0.15, 0.2) is 29.8 Å². The van der Waals surface area contributed by atoms with E-state index in [4.69, 9.17) is 4.74 Å².